The van der Waals surface area contributed by atoms with Crippen LogP contribution >= 0.6 is 0 Å². The topological polar surface area (TPSA) is 197 Å². The Balaban J connectivity index is 1.50. The maximum atomic E-state index is 14.6. The van der Waals surface area contributed by atoms with Crippen molar-refractivity contribution in [2.24, 2.45) is 10.3 Å². The van der Waals surface area contributed by atoms with Gasteiger partial charge in [0.1, 0.15) is 5.69 Å². The minimum absolute atomic E-state index is 0.00405. The number of methoxy groups -OCH3 is 1. The molecule has 2 aliphatic heterocycles. The third-order valence-corrected chi connectivity index (χ3v) is 8.98. The fourth-order valence-corrected chi connectivity index (χ4v) is 6.16. The predicted molar refractivity (Wildman–Crippen MR) is 131 cm³/mol. The number of hydrogen-bond donors (Lipinski definition) is 2. The van der Waals surface area contributed by atoms with E-state index in [9.17, 15) is 25.6 Å². The molecule has 4 heterocycles. The smallest absolute Gasteiger partial charge is 0.225 e. The standard InChI is InChI=1S/C20H28F2N8O6S2/c1-35-13-2-15(37(23,31)32)10-30(7-13)20-27-6-17(22)18(28-20)11-36-14-3-16(38(24,33)34)9-29(8-14)19-25-4-12(21)5-26-19/h4-6,13-16H,2-3,7-11H2,1H3,(H2,23,31,32)(H2,24,33,34)/t13-,14+,15-,16+/m0/s1. The van der Waals surface area contributed by atoms with Crippen LogP contribution in [0.3, 0.4) is 0 Å². The molecule has 4 rings (SSSR count). The monoisotopic (exact) mass is 578 g/mol. The van der Waals surface area contributed by atoms with Gasteiger partial charge in [-0.3, -0.25) is 0 Å². The van der Waals surface area contributed by atoms with Gasteiger partial charge < -0.3 is 19.3 Å². The molecule has 2 aliphatic rings. The average molecular weight is 579 g/mol. The first-order chi connectivity index (χ1) is 17.8. The molecule has 2 saturated heterocycles. The molecule has 4 N–H and O–H groups in total. The largest absolute Gasteiger partial charge is 0.380 e. The maximum Gasteiger partial charge on any atom is 0.225 e. The van der Waals surface area contributed by atoms with Crippen LogP contribution in [0.4, 0.5) is 20.7 Å². The number of piperidine rings is 2. The van der Waals surface area contributed by atoms with Gasteiger partial charge in [0.05, 0.1) is 47.9 Å². The Bertz CT molecular complexity index is 1350. The second kappa shape index (κ2) is 11.2. The van der Waals surface area contributed by atoms with Crippen molar-refractivity contribution in [2.75, 3.05) is 43.1 Å². The van der Waals surface area contributed by atoms with Crippen LogP contribution in [0.1, 0.15) is 18.5 Å². The van der Waals surface area contributed by atoms with Gasteiger partial charge in [-0.1, -0.05) is 0 Å². The molecule has 2 aromatic rings. The van der Waals surface area contributed by atoms with Crippen LogP contribution in [-0.2, 0) is 36.1 Å². The third kappa shape index (κ3) is 6.86. The van der Waals surface area contributed by atoms with Crippen LogP contribution < -0.4 is 20.1 Å². The van der Waals surface area contributed by atoms with E-state index < -0.39 is 54.4 Å². The first kappa shape index (κ1) is 28.4. The van der Waals surface area contributed by atoms with Gasteiger partial charge >= 0.3 is 0 Å². The van der Waals surface area contributed by atoms with Gasteiger partial charge in [-0.2, -0.15) is 0 Å². The van der Waals surface area contributed by atoms with Crippen molar-refractivity contribution in [2.45, 2.75) is 42.2 Å². The number of aromatic nitrogens is 4. The van der Waals surface area contributed by atoms with E-state index in [-0.39, 0.29) is 63.2 Å². The number of ether oxygens (including phenoxy) is 2. The van der Waals surface area contributed by atoms with Crippen molar-refractivity contribution in [1.82, 2.24) is 19.9 Å². The number of anilines is 2. The second-order valence-electron chi connectivity index (χ2n) is 9.16. The Morgan fingerprint density at radius 2 is 1.39 bits per heavy atom. The molecule has 38 heavy (non-hydrogen) atoms. The maximum absolute atomic E-state index is 14.6. The molecule has 0 saturated carbocycles. The summed E-state index contributed by atoms with van der Waals surface area (Å²) in [7, 11) is -6.40. The van der Waals surface area contributed by atoms with Gasteiger partial charge in [-0.15, -0.1) is 0 Å². The van der Waals surface area contributed by atoms with E-state index >= 15 is 0 Å². The van der Waals surface area contributed by atoms with E-state index in [4.69, 9.17) is 19.8 Å². The SMILES string of the molecule is CO[C@H]1C[C@H](S(N)(=O)=O)CN(c2ncc(F)c(CO[C@@H]3C[C@@H](S(N)(=O)=O)CN(c4ncc(F)cn4)C3)n2)C1. The first-order valence-corrected chi connectivity index (χ1v) is 14.7. The summed E-state index contributed by atoms with van der Waals surface area (Å²) >= 11 is 0. The molecule has 2 aromatic heterocycles. The predicted octanol–water partition coefficient (Wildman–Crippen LogP) is -1.12. The highest BCUT2D eigenvalue weighted by molar-refractivity contribution is 7.90. The van der Waals surface area contributed by atoms with Gasteiger partial charge in [0, 0.05) is 33.3 Å². The van der Waals surface area contributed by atoms with Gasteiger partial charge in [0.2, 0.25) is 31.9 Å². The van der Waals surface area contributed by atoms with Gasteiger partial charge in [-0.25, -0.2) is 55.8 Å². The molecule has 0 aromatic carbocycles. The molecular formula is C20H28F2N8O6S2. The number of nitrogens with two attached hydrogens (primary N) is 2. The highest BCUT2D eigenvalue weighted by Crippen LogP contribution is 2.25. The third-order valence-electron chi connectivity index (χ3n) is 6.44. The molecule has 18 heteroatoms. The van der Waals surface area contributed by atoms with E-state index in [2.05, 4.69) is 19.9 Å². The van der Waals surface area contributed by atoms with Crippen LogP contribution in [0.5, 0.6) is 0 Å². The minimum atomic E-state index is -3.97. The Kier molecular flexibility index (Phi) is 8.38. The van der Waals surface area contributed by atoms with Crippen molar-refractivity contribution >= 4 is 31.9 Å². The lowest BCUT2D eigenvalue weighted by Crippen LogP contribution is -2.51. The fourth-order valence-electron chi connectivity index (χ4n) is 4.42. The van der Waals surface area contributed by atoms with Crippen molar-refractivity contribution < 1.29 is 35.1 Å². The molecule has 14 nitrogen and oxygen atoms in total. The molecule has 4 atom stereocenters. The first-order valence-electron chi connectivity index (χ1n) is 11.5. The normalized spacial score (nSPS) is 25.0. The molecule has 0 aliphatic carbocycles. The Morgan fingerprint density at radius 1 is 0.868 bits per heavy atom. The van der Waals surface area contributed by atoms with Crippen LogP contribution in [0.25, 0.3) is 0 Å². The molecule has 0 amide bonds. The van der Waals surface area contributed by atoms with E-state index in [1.807, 2.05) is 0 Å². The van der Waals surface area contributed by atoms with E-state index in [1.54, 1.807) is 4.90 Å². The summed E-state index contributed by atoms with van der Waals surface area (Å²) in [4.78, 5) is 19.0. The Morgan fingerprint density at radius 3 is 1.97 bits per heavy atom. The highest BCUT2D eigenvalue weighted by Gasteiger charge is 2.37. The number of primary sulfonamides is 2. The lowest BCUT2D eigenvalue weighted by atomic mass is 10.1. The summed E-state index contributed by atoms with van der Waals surface area (Å²) in [6.45, 7) is 0.0172. The molecule has 0 spiro atoms. The zero-order valence-corrected chi connectivity index (χ0v) is 22.0. The van der Waals surface area contributed by atoms with Crippen LogP contribution in [0.2, 0.25) is 0 Å². The lowest BCUT2D eigenvalue weighted by molar-refractivity contribution is 0.0286. The molecule has 0 bridgehead atoms. The van der Waals surface area contributed by atoms with Crippen molar-refractivity contribution in [3.05, 3.63) is 35.9 Å². The summed E-state index contributed by atoms with van der Waals surface area (Å²) in [5, 5.41) is 8.76. The number of hydrogen-bond acceptors (Lipinski definition) is 12. The Hall–Kier alpha value is -2.64. The van der Waals surface area contributed by atoms with Gasteiger partial charge in [0.15, 0.2) is 11.6 Å². The molecule has 0 radical (unpaired) electrons. The quantitative estimate of drug-likeness (QED) is 0.383. The lowest BCUT2D eigenvalue weighted by Gasteiger charge is -2.37. The molecular weight excluding hydrogens is 550 g/mol. The summed E-state index contributed by atoms with van der Waals surface area (Å²) < 4.78 is 87.1. The van der Waals surface area contributed by atoms with Crippen LogP contribution in [-0.4, -0.2) is 92.8 Å². The minimum Gasteiger partial charge on any atom is -0.380 e. The van der Waals surface area contributed by atoms with Gasteiger partial charge in [0.25, 0.3) is 0 Å². The Labute approximate surface area is 218 Å². The number of rotatable bonds is 8. The summed E-state index contributed by atoms with van der Waals surface area (Å²) in [5.74, 6) is -1.27. The van der Waals surface area contributed by atoms with Crippen molar-refractivity contribution in [3.8, 4) is 0 Å². The van der Waals surface area contributed by atoms with E-state index in [1.165, 1.54) is 12.0 Å². The van der Waals surface area contributed by atoms with Crippen molar-refractivity contribution in [1.29, 1.82) is 0 Å². The number of halogens is 2. The van der Waals surface area contributed by atoms with E-state index in [0.717, 1.165) is 18.6 Å². The second-order valence-corrected chi connectivity index (χ2v) is 12.8. The molecule has 210 valence electrons. The average Bonchev–Trinajstić information content (AvgIpc) is 2.87. The summed E-state index contributed by atoms with van der Waals surface area (Å²) in [6.07, 6.45) is 1.86. The zero-order chi connectivity index (χ0) is 27.7. The summed E-state index contributed by atoms with van der Waals surface area (Å²) in [5.41, 5.74) is -0.121. The van der Waals surface area contributed by atoms with Gasteiger partial charge in [-0.05, 0) is 12.8 Å². The fraction of sp³-hybridized carbons (Fsp3) is 0.600. The zero-order valence-electron chi connectivity index (χ0n) is 20.4. The number of sulfonamides is 2. The molecule has 2 fully saturated rings. The molecule has 0 unspecified atom stereocenters. The van der Waals surface area contributed by atoms with E-state index in [0.29, 0.717) is 0 Å². The number of nitrogens with zero attached hydrogens (tertiary/aromatic N) is 6. The summed E-state index contributed by atoms with van der Waals surface area (Å²) in [6, 6.07) is 0. The van der Waals surface area contributed by atoms with Crippen LogP contribution in [0, 0.1) is 11.6 Å². The van der Waals surface area contributed by atoms with Crippen molar-refractivity contribution in [3.63, 3.8) is 0 Å². The van der Waals surface area contributed by atoms with Crippen LogP contribution in [0.15, 0.2) is 18.6 Å². The highest BCUT2D eigenvalue weighted by atomic mass is 32.2.